The molecule has 0 atom stereocenters. The molecule has 0 saturated heterocycles. The molecule has 0 radical (unpaired) electrons. The van der Waals surface area contributed by atoms with E-state index in [1.165, 1.54) is 5.39 Å². The van der Waals surface area contributed by atoms with Crippen molar-refractivity contribution in [1.29, 1.82) is 0 Å². The van der Waals surface area contributed by atoms with Gasteiger partial charge in [0.05, 0.1) is 0 Å². The van der Waals surface area contributed by atoms with Crippen molar-refractivity contribution in [3.8, 4) is 0 Å². The zero-order chi connectivity index (χ0) is 15.1. The molecule has 0 unspecified atom stereocenters. The van der Waals surface area contributed by atoms with Gasteiger partial charge < -0.3 is 20.7 Å². The molecule has 2 aromatic rings. The molecule has 1 aromatic carbocycles. The van der Waals surface area contributed by atoms with Crippen LogP contribution in [0.4, 0.5) is 4.79 Å². The van der Waals surface area contributed by atoms with Gasteiger partial charge in [0.15, 0.2) is 0 Å². The first-order valence-electron chi connectivity index (χ1n) is 6.95. The summed E-state index contributed by atoms with van der Waals surface area (Å²) in [5.74, 6) is -0.850. The van der Waals surface area contributed by atoms with Crippen LogP contribution in [0, 0.1) is 0 Å². The first-order chi connectivity index (χ1) is 10.2. The lowest BCUT2D eigenvalue weighted by Crippen LogP contribution is -2.37. The second-order valence-electron chi connectivity index (χ2n) is 4.79. The molecule has 0 saturated carbocycles. The minimum Gasteiger partial charge on any atom is -0.481 e. The van der Waals surface area contributed by atoms with Crippen LogP contribution in [0.25, 0.3) is 10.9 Å². The van der Waals surface area contributed by atoms with Crippen LogP contribution in [-0.4, -0.2) is 35.2 Å². The van der Waals surface area contributed by atoms with Gasteiger partial charge in [-0.25, -0.2) is 4.79 Å². The number of para-hydroxylation sites is 1. The van der Waals surface area contributed by atoms with E-state index in [2.05, 4.69) is 15.6 Å². The first-order valence-corrected chi connectivity index (χ1v) is 6.95. The van der Waals surface area contributed by atoms with Gasteiger partial charge in [0, 0.05) is 36.6 Å². The SMILES string of the molecule is O=C(O)CCCNC(=O)NCCc1c[nH]c2ccccc12. The number of nitrogens with one attached hydrogen (secondary N) is 3. The van der Waals surface area contributed by atoms with Gasteiger partial charge in [-0.3, -0.25) is 4.79 Å². The molecule has 1 aromatic heterocycles. The molecular weight excluding hydrogens is 270 g/mol. The predicted octanol–water partition coefficient (Wildman–Crippen LogP) is 1.87. The number of carboxylic acid groups (broad SMARTS) is 1. The number of carbonyl (C=O) groups excluding carboxylic acids is 1. The summed E-state index contributed by atoms with van der Waals surface area (Å²) in [5, 5.41) is 15.0. The van der Waals surface area contributed by atoms with Crippen molar-refractivity contribution in [2.45, 2.75) is 19.3 Å². The number of amides is 2. The van der Waals surface area contributed by atoms with Crippen LogP contribution in [-0.2, 0) is 11.2 Å². The third-order valence-electron chi connectivity index (χ3n) is 3.21. The molecule has 6 nitrogen and oxygen atoms in total. The summed E-state index contributed by atoms with van der Waals surface area (Å²) in [5.41, 5.74) is 2.25. The summed E-state index contributed by atoms with van der Waals surface area (Å²) in [4.78, 5) is 25.0. The lowest BCUT2D eigenvalue weighted by Gasteiger charge is -2.06. The van der Waals surface area contributed by atoms with Crippen molar-refractivity contribution in [2.75, 3.05) is 13.1 Å². The molecular formula is C15H19N3O3. The molecule has 0 fully saturated rings. The van der Waals surface area contributed by atoms with Gasteiger partial charge in [-0.2, -0.15) is 0 Å². The maximum absolute atomic E-state index is 11.5. The van der Waals surface area contributed by atoms with Crippen LogP contribution in [0.1, 0.15) is 18.4 Å². The Kier molecular flexibility index (Phi) is 5.20. The van der Waals surface area contributed by atoms with Gasteiger partial charge in [-0.05, 0) is 24.5 Å². The molecule has 2 amide bonds. The lowest BCUT2D eigenvalue weighted by molar-refractivity contribution is -0.137. The summed E-state index contributed by atoms with van der Waals surface area (Å²) >= 11 is 0. The highest BCUT2D eigenvalue weighted by Gasteiger charge is 2.04. The molecule has 0 aliphatic carbocycles. The van der Waals surface area contributed by atoms with E-state index in [1.54, 1.807) is 0 Å². The van der Waals surface area contributed by atoms with Gasteiger partial charge in [-0.15, -0.1) is 0 Å². The van der Waals surface area contributed by atoms with Gasteiger partial charge >= 0.3 is 12.0 Å². The van der Waals surface area contributed by atoms with Crippen molar-refractivity contribution >= 4 is 22.9 Å². The van der Waals surface area contributed by atoms with E-state index in [4.69, 9.17) is 5.11 Å². The molecule has 0 aliphatic heterocycles. The maximum atomic E-state index is 11.5. The maximum Gasteiger partial charge on any atom is 0.314 e. The summed E-state index contributed by atoms with van der Waals surface area (Å²) in [6.45, 7) is 0.901. The Labute approximate surface area is 122 Å². The van der Waals surface area contributed by atoms with Gasteiger partial charge in [0.1, 0.15) is 0 Å². The summed E-state index contributed by atoms with van der Waals surface area (Å²) in [6.07, 6.45) is 3.20. The van der Waals surface area contributed by atoms with Gasteiger partial charge in [-0.1, -0.05) is 18.2 Å². The molecule has 6 heteroatoms. The quantitative estimate of drug-likeness (QED) is 0.586. The normalized spacial score (nSPS) is 10.5. The molecule has 0 spiro atoms. The molecule has 0 aliphatic rings. The number of aromatic nitrogens is 1. The van der Waals surface area contributed by atoms with Crippen molar-refractivity contribution in [2.24, 2.45) is 0 Å². The number of H-pyrrole nitrogens is 1. The number of aromatic amines is 1. The smallest absolute Gasteiger partial charge is 0.314 e. The zero-order valence-electron chi connectivity index (χ0n) is 11.7. The predicted molar refractivity (Wildman–Crippen MR) is 80.3 cm³/mol. The number of hydrogen-bond acceptors (Lipinski definition) is 2. The summed E-state index contributed by atoms with van der Waals surface area (Å²) in [7, 11) is 0. The molecule has 4 N–H and O–H groups in total. The van der Waals surface area contributed by atoms with Crippen LogP contribution in [0.2, 0.25) is 0 Å². The third kappa shape index (κ3) is 4.52. The Hall–Kier alpha value is -2.50. The fourth-order valence-corrected chi connectivity index (χ4v) is 2.15. The van der Waals surface area contributed by atoms with E-state index in [-0.39, 0.29) is 12.5 Å². The standard InChI is InChI=1S/C15H19N3O3/c19-14(20)6-3-8-16-15(21)17-9-7-11-10-18-13-5-2-1-4-12(11)13/h1-2,4-5,10,18H,3,6-9H2,(H,19,20)(H2,16,17,21). The number of hydrogen-bond donors (Lipinski definition) is 4. The Morgan fingerprint density at radius 2 is 1.90 bits per heavy atom. The van der Waals surface area contributed by atoms with Crippen LogP contribution in [0.5, 0.6) is 0 Å². The van der Waals surface area contributed by atoms with Gasteiger partial charge in [0.25, 0.3) is 0 Å². The van der Waals surface area contributed by atoms with E-state index in [1.807, 2.05) is 30.5 Å². The Morgan fingerprint density at radius 1 is 1.14 bits per heavy atom. The second-order valence-corrected chi connectivity index (χ2v) is 4.79. The highest BCUT2D eigenvalue weighted by molar-refractivity contribution is 5.83. The van der Waals surface area contributed by atoms with E-state index in [9.17, 15) is 9.59 Å². The minimum atomic E-state index is -0.850. The number of carboxylic acids is 1. The summed E-state index contributed by atoms with van der Waals surface area (Å²) in [6, 6.07) is 7.77. The van der Waals surface area contributed by atoms with Gasteiger partial charge in [0.2, 0.25) is 0 Å². The zero-order valence-corrected chi connectivity index (χ0v) is 11.7. The highest BCUT2D eigenvalue weighted by atomic mass is 16.4. The molecule has 112 valence electrons. The second kappa shape index (κ2) is 7.33. The van der Waals surface area contributed by atoms with Crippen LogP contribution < -0.4 is 10.6 Å². The minimum absolute atomic E-state index is 0.0651. The van der Waals surface area contributed by atoms with E-state index >= 15 is 0 Å². The summed E-state index contributed by atoms with van der Waals surface area (Å²) < 4.78 is 0. The Bertz CT molecular complexity index is 621. The van der Waals surface area contributed by atoms with E-state index in [0.717, 1.165) is 17.5 Å². The topological polar surface area (TPSA) is 94.2 Å². The first kappa shape index (κ1) is 14.9. The number of benzene rings is 1. The Morgan fingerprint density at radius 3 is 2.71 bits per heavy atom. The van der Waals surface area contributed by atoms with Crippen LogP contribution >= 0.6 is 0 Å². The van der Waals surface area contributed by atoms with E-state index < -0.39 is 5.97 Å². The largest absolute Gasteiger partial charge is 0.481 e. The van der Waals surface area contributed by atoms with Crippen molar-refractivity contribution < 1.29 is 14.7 Å². The Balaban J connectivity index is 1.69. The lowest BCUT2D eigenvalue weighted by atomic mass is 10.1. The van der Waals surface area contributed by atoms with E-state index in [0.29, 0.717) is 19.5 Å². The van der Waals surface area contributed by atoms with Crippen molar-refractivity contribution in [3.63, 3.8) is 0 Å². The average Bonchev–Trinajstić information content (AvgIpc) is 2.87. The number of carbonyl (C=O) groups is 2. The number of fused-ring (bicyclic) bond motifs is 1. The fraction of sp³-hybridized carbons (Fsp3) is 0.333. The van der Waals surface area contributed by atoms with Crippen molar-refractivity contribution in [3.05, 3.63) is 36.0 Å². The monoisotopic (exact) mass is 289 g/mol. The van der Waals surface area contributed by atoms with Crippen LogP contribution in [0.15, 0.2) is 30.5 Å². The molecule has 0 bridgehead atoms. The number of urea groups is 1. The third-order valence-corrected chi connectivity index (χ3v) is 3.21. The molecule has 1 heterocycles. The number of rotatable bonds is 7. The van der Waals surface area contributed by atoms with Crippen molar-refractivity contribution in [1.82, 2.24) is 15.6 Å². The number of aliphatic carboxylic acids is 1. The average molecular weight is 289 g/mol. The fourth-order valence-electron chi connectivity index (χ4n) is 2.15. The molecule has 2 rings (SSSR count). The van der Waals surface area contributed by atoms with Crippen LogP contribution in [0.3, 0.4) is 0 Å². The molecule has 21 heavy (non-hydrogen) atoms. The highest BCUT2D eigenvalue weighted by Crippen LogP contribution is 2.17.